The first-order chi connectivity index (χ1) is 16.6. The Morgan fingerprint density at radius 2 is 1.86 bits per heavy atom. The summed E-state index contributed by atoms with van der Waals surface area (Å²) in [6.07, 6.45) is -1.11. The molecule has 182 valence electrons. The van der Waals surface area contributed by atoms with E-state index in [2.05, 4.69) is 15.6 Å². The molecular weight excluding hydrogens is 466 g/mol. The lowest BCUT2D eigenvalue weighted by molar-refractivity contribution is -0.137. The fourth-order valence-electron chi connectivity index (χ4n) is 3.21. The minimum absolute atomic E-state index is 0.00130. The number of nitriles is 1. The molecule has 0 saturated heterocycles. The number of hydrogen-bond donors (Lipinski definition) is 2. The standard InChI is InChI=1S/C24H21F4N5O2/c1-2-15-3-5-16(6-4-15)20(12-29)32-23(35)21-13-33(14-31-21)10-9-30-22(34)18-8-7-17(11-19(18)25)24(26,27)28/h3-8,11,13-14,20H,2,9-10H2,1H3,(H,30,34)(H,32,35). The second-order valence-electron chi connectivity index (χ2n) is 7.58. The summed E-state index contributed by atoms with van der Waals surface area (Å²) in [5.41, 5.74) is 0.0838. The van der Waals surface area contributed by atoms with E-state index in [-0.39, 0.29) is 24.8 Å². The zero-order valence-electron chi connectivity index (χ0n) is 18.6. The Morgan fingerprint density at radius 3 is 2.46 bits per heavy atom. The maximum absolute atomic E-state index is 13.9. The number of aryl methyl sites for hydroxylation is 1. The largest absolute Gasteiger partial charge is 0.416 e. The number of nitrogens with one attached hydrogen (secondary N) is 2. The molecule has 1 atom stereocenters. The molecule has 0 fully saturated rings. The van der Waals surface area contributed by atoms with Gasteiger partial charge in [0, 0.05) is 19.3 Å². The molecule has 2 aromatic carbocycles. The molecule has 0 radical (unpaired) electrons. The maximum Gasteiger partial charge on any atom is 0.416 e. The van der Waals surface area contributed by atoms with Gasteiger partial charge in [-0.25, -0.2) is 9.37 Å². The normalized spacial score (nSPS) is 12.0. The summed E-state index contributed by atoms with van der Waals surface area (Å²) in [6, 6.07) is 10.1. The Morgan fingerprint density at radius 1 is 1.14 bits per heavy atom. The number of benzene rings is 2. The van der Waals surface area contributed by atoms with Crippen LogP contribution < -0.4 is 10.6 Å². The molecule has 0 aliphatic rings. The predicted octanol–water partition coefficient (Wildman–Crippen LogP) is 4.03. The average molecular weight is 487 g/mol. The summed E-state index contributed by atoms with van der Waals surface area (Å²) in [5.74, 6) is -2.72. The molecule has 1 unspecified atom stereocenters. The fraction of sp³-hybridized carbons (Fsp3) is 0.250. The number of amides is 2. The second-order valence-corrected chi connectivity index (χ2v) is 7.58. The highest BCUT2D eigenvalue weighted by atomic mass is 19.4. The summed E-state index contributed by atoms with van der Waals surface area (Å²) in [7, 11) is 0. The molecule has 7 nitrogen and oxygen atoms in total. The van der Waals surface area contributed by atoms with Crippen molar-refractivity contribution in [2.24, 2.45) is 0 Å². The van der Waals surface area contributed by atoms with Crippen LogP contribution in [0.1, 0.15) is 50.5 Å². The number of aromatic nitrogens is 2. The summed E-state index contributed by atoms with van der Waals surface area (Å²) in [4.78, 5) is 28.6. The van der Waals surface area contributed by atoms with Crippen LogP contribution in [-0.2, 0) is 19.1 Å². The number of carbonyl (C=O) groups is 2. The van der Waals surface area contributed by atoms with E-state index in [0.717, 1.165) is 18.1 Å². The van der Waals surface area contributed by atoms with E-state index in [0.29, 0.717) is 11.6 Å². The summed E-state index contributed by atoms with van der Waals surface area (Å²) in [6.45, 7) is 2.17. The monoisotopic (exact) mass is 487 g/mol. The van der Waals surface area contributed by atoms with Gasteiger partial charge in [0.15, 0.2) is 0 Å². The van der Waals surface area contributed by atoms with Gasteiger partial charge in [-0.05, 0) is 35.7 Å². The van der Waals surface area contributed by atoms with Gasteiger partial charge in [0.1, 0.15) is 17.6 Å². The SMILES string of the molecule is CCc1ccc(C(C#N)NC(=O)c2cn(CCNC(=O)c3ccc(C(F)(F)F)cc3F)cn2)cc1. The molecule has 0 bridgehead atoms. The van der Waals surface area contributed by atoms with Gasteiger partial charge in [-0.1, -0.05) is 31.2 Å². The number of halogens is 4. The van der Waals surface area contributed by atoms with Crippen molar-refractivity contribution in [3.8, 4) is 6.07 Å². The Balaban J connectivity index is 1.54. The van der Waals surface area contributed by atoms with Crippen molar-refractivity contribution in [1.29, 1.82) is 5.26 Å². The highest BCUT2D eigenvalue weighted by Gasteiger charge is 2.31. The van der Waals surface area contributed by atoms with E-state index in [1.807, 2.05) is 25.1 Å². The first-order valence-electron chi connectivity index (χ1n) is 10.6. The van der Waals surface area contributed by atoms with Gasteiger partial charge in [-0.2, -0.15) is 18.4 Å². The third-order valence-electron chi connectivity index (χ3n) is 5.19. The van der Waals surface area contributed by atoms with E-state index in [1.54, 1.807) is 12.1 Å². The van der Waals surface area contributed by atoms with Crippen LogP contribution in [0.2, 0.25) is 0 Å². The molecule has 3 aromatic rings. The molecule has 2 amide bonds. The van der Waals surface area contributed by atoms with E-state index in [1.165, 1.54) is 17.1 Å². The minimum atomic E-state index is -4.71. The van der Waals surface area contributed by atoms with Gasteiger partial charge in [-0.3, -0.25) is 9.59 Å². The lowest BCUT2D eigenvalue weighted by Crippen LogP contribution is -2.28. The lowest BCUT2D eigenvalue weighted by atomic mass is 10.0. The van der Waals surface area contributed by atoms with Gasteiger partial charge in [-0.15, -0.1) is 0 Å². The average Bonchev–Trinajstić information content (AvgIpc) is 3.31. The minimum Gasteiger partial charge on any atom is -0.350 e. The van der Waals surface area contributed by atoms with Crippen molar-refractivity contribution in [3.63, 3.8) is 0 Å². The van der Waals surface area contributed by atoms with Crippen LogP contribution in [0.5, 0.6) is 0 Å². The lowest BCUT2D eigenvalue weighted by Gasteiger charge is -2.11. The number of rotatable bonds is 8. The molecule has 0 aliphatic heterocycles. The van der Waals surface area contributed by atoms with Crippen LogP contribution in [0.3, 0.4) is 0 Å². The van der Waals surface area contributed by atoms with Crippen molar-refractivity contribution < 1.29 is 27.2 Å². The van der Waals surface area contributed by atoms with Crippen LogP contribution in [-0.4, -0.2) is 27.9 Å². The van der Waals surface area contributed by atoms with E-state index in [4.69, 9.17) is 0 Å². The van der Waals surface area contributed by atoms with Crippen LogP contribution in [0, 0.1) is 17.1 Å². The molecule has 35 heavy (non-hydrogen) atoms. The molecule has 1 aromatic heterocycles. The van der Waals surface area contributed by atoms with Gasteiger partial charge < -0.3 is 15.2 Å². The topological polar surface area (TPSA) is 99.8 Å². The number of carbonyl (C=O) groups excluding carboxylic acids is 2. The van der Waals surface area contributed by atoms with Crippen molar-refractivity contribution in [1.82, 2.24) is 20.2 Å². The Labute approximate surface area is 198 Å². The van der Waals surface area contributed by atoms with Gasteiger partial charge >= 0.3 is 6.18 Å². The Bertz CT molecular complexity index is 1250. The van der Waals surface area contributed by atoms with Crippen LogP contribution >= 0.6 is 0 Å². The first-order valence-corrected chi connectivity index (χ1v) is 10.6. The first kappa shape index (κ1) is 25.4. The highest BCUT2D eigenvalue weighted by Crippen LogP contribution is 2.30. The summed E-state index contributed by atoms with van der Waals surface area (Å²) in [5, 5.41) is 14.4. The summed E-state index contributed by atoms with van der Waals surface area (Å²) >= 11 is 0. The van der Waals surface area contributed by atoms with Crippen LogP contribution in [0.4, 0.5) is 17.6 Å². The fourth-order valence-corrected chi connectivity index (χ4v) is 3.21. The van der Waals surface area contributed by atoms with Crippen molar-refractivity contribution in [3.05, 3.63) is 88.8 Å². The number of alkyl halides is 3. The second kappa shape index (κ2) is 10.8. The van der Waals surface area contributed by atoms with Gasteiger partial charge in [0.25, 0.3) is 11.8 Å². The maximum atomic E-state index is 13.9. The van der Waals surface area contributed by atoms with E-state index < -0.39 is 41.0 Å². The van der Waals surface area contributed by atoms with Crippen molar-refractivity contribution in [2.45, 2.75) is 32.1 Å². The van der Waals surface area contributed by atoms with Crippen molar-refractivity contribution >= 4 is 11.8 Å². The highest BCUT2D eigenvalue weighted by molar-refractivity contribution is 5.94. The number of hydrogen-bond acceptors (Lipinski definition) is 4. The number of nitrogens with zero attached hydrogens (tertiary/aromatic N) is 3. The molecule has 11 heteroatoms. The van der Waals surface area contributed by atoms with E-state index in [9.17, 15) is 32.4 Å². The zero-order valence-corrected chi connectivity index (χ0v) is 18.6. The van der Waals surface area contributed by atoms with Crippen molar-refractivity contribution in [2.75, 3.05) is 6.54 Å². The van der Waals surface area contributed by atoms with Gasteiger partial charge in [0.2, 0.25) is 0 Å². The quantitative estimate of drug-likeness (QED) is 0.469. The predicted molar refractivity (Wildman–Crippen MR) is 118 cm³/mol. The van der Waals surface area contributed by atoms with Crippen LogP contribution in [0.25, 0.3) is 0 Å². The molecule has 1 heterocycles. The molecule has 0 saturated carbocycles. The zero-order chi connectivity index (χ0) is 25.6. The third kappa shape index (κ3) is 6.44. The molecule has 2 N–H and O–H groups in total. The summed E-state index contributed by atoms with van der Waals surface area (Å²) < 4.78 is 53.3. The Kier molecular flexibility index (Phi) is 7.86. The number of imidazole rings is 1. The third-order valence-corrected chi connectivity index (χ3v) is 5.19. The van der Waals surface area contributed by atoms with Crippen LogP contribution in [0.15, 0.2) is 55.0 Å². The molecule has 3 rings (SSSR count). The molecular formula is C24H21F4N5O2. The smallest absolute Gasteiger partial charge is 0.350 e. The Hall–Kier alpha value is -4.20. The molecule has 0 spiro atoms. The van der Waals surface area contributed by atoms with E-state index >= 15 is 0 Å². The molecule has 0 aliphatic carbocycles. The van der Waals surface area contributed by atoms with Gasteiger partial charge in [0.05, 0.1) is 23.5 Å².